The van der Waals surface area contributed by atoms with Gasteiger partial charge in [0.2, 0.25) is 0 Å². The fourth-order valence-corrected chi connectivity index (χ4v) is 3.22. The van der Waals surface area contributed by atoms with Crippen molar-refractivity contribution in [1.29, 1.82) is 0 Å². The van der Waals surface area contributed by atoms with E-state index in [0.717, 1.165) is 18.8 Å². The Balaban J connectivity index is 1.69. The Bertz CT molecular complexity index is 718. The molecule has 2 aromatic rings. The van der Waals surface area contributed by atoms with Crippen LogP contribution in [0.1, 0.15) is 25.5 Å². The molecule has 1 aliphatic rings. The molecule has 7 heteroatoms. The van der Waals surface area contributed by atoms with Crippen molar-refractivity contribution in [3.63, 3.8) is 0 Å². The van der Waals surface area contributed by atoms with Crippen LogP contribution in [0.2, 0.25) is 5.02 Å². The van der Waals surface area contributed by atoms with Crippen LogP contribution in [0.5, 0.6) is 5.75 Å². The van der Waals surface area contributed by atoms with E-state index in [1.54, 1.807) is 42.9 Å². The van der Waals surface area contributed by atoms with Crippen molar-refractivity contribution < 1.29 is 9.53 Å². The number of benzene rings is 1. The van der Waals surface area contributed by atoms with Gasteiger partial charge in [0.05, 0.1) is 5.69 Å². The highest BCUT2D eigenvalue weighted by atomic mass is 35.5. The Kier molecular flexibility index (Phi) is 6.06. The quantitative estimate of drug-likeness (QED) is 0.811. The van der Waals surface area contributed by atoms with E-state index in [1.165, 1.54) is 0 Å². The molecule has 0 unspecified atom stereocenters. The molecule has 1 aromatic heterocycles. The first kappa shape index (κ1) is 18.6. The largest absolute Gasteiger partial charge is 0.477 e. The molecule has 1 saturated heterocycles. The third kappa shape index (κ3) is 4.71. The van der Waals surface area contributed by atoms with Crippen LogP contribution in [0.15, 0.2) is 42.9 Å². The molecule has 26 heavy (non-hydrogen) atoms. The van der Waals surface area contributed by atoms with Crippen molar-refractivity contribution in [2.45, 2.75) is 37.8 Å². The van der Waals surface area contributed by atoms with E-state index in [-0.39, 0.29) is 11.9 Å². The number of rotatable bonds is 6. The second kappa shape index (κ2) is 8.47. The second-order valence-corrected chi connectivity index (χ2v) is 7.01. The van der Waals surface area contributed by atoms with Gasteiger partial charge in [-0.2, -0.15) is 0 Å². The average molecular weight is 375 g/mol. The summed E-state index contributed by atoms with van der Waals surface area (Å²) in [6, 6.07) is 7.05. The zero-order valence-corrected chi connectivity index (χ0v) is 15.5. The number of hydrogen-bond donors (Lipinski definition) is 2. The topological polar surface area (TPSA) is 76.1 Å². The summed E-state index contributed by atoms with van der Waals surface area (Å²) in [5.74, 6) is 0.554. The molecule has 1 amide bonds. The third-order valence-electron chi connectivity index (χ3n) is 4.46. The van der Waals surface area contributed by atoms with E-state index in [1.807, 2.05) is 6.92 Å². The molecule has 6 nitrogen and oxygen atoms in total. The van der Waals surface area contributed by atoms with E-state index < -0.39 is 5.60 Å². The molecule has 1 fully saturated rings. The number of nitrogens with one attached hydrogen (secondary N) is 2. The van der Waals surface area contributed by atoms with Gasteiger partial charge in [0.1, 0.15) is 5.75 Å². The SMILES string of the molecule is C[C@@H](Cc1cnccn1)NC(=O)C1(Oc2ccc(Cl)cc2)CCNCC1. The maximum Gasteiger partial charge on any atom is 0.264 e. The molecule has 2 heterocycles. The molecule has 0 bridgehead atoms. The fourth-order valence-electron chi connectivity index (χ4n) is 3.09. The summed E-state index contributed by atoms with van der Waals surface area (Å²) in [5, 5.41) is 7.01. The summed E-state index contributed by atoms with van der Waals surface area (Å²) in [6.45, 7) is 3.43. The van der Waals surface area contributed by atoms with E-state index in [9.17, 15) is 4.79 Å². The van der Waals surface area contributed by atoms with Gasteiger partial charge < -0.3 is 15.4 Å². The van der Waals surface area contributed by atoms with Crippen LogP contribution in [-0.2, 0) is 11.2 Å². The molecule has 0 spiro atoms. The van der Waals surface area contributed by atoms with Crippen LogP contribution >= 0.6 is 11.6 Å². The van der Waals surface area contributed by atoms with Gasteiger partial charge in [-0.05, 0) is 44.3 Å². The summed E-state index contributed by atoms with van der Waals surface area (Å²) in [4.78, 5) is 21.4. The van der Waals surface area contributed by atoms with Crippen LogP contribution < -0.4 is 15.4 Å². The smallest absolute Gasteiger partial charge is 0.264 e. The molecule has 0 radical (unpaired) electrons. The second-order valence-electron chi connectivity index (χ2n) is 6.58. The number of ether oxygens (including phenoxy) is 1. The van der Waals surface area contributed by atoms with Crippen LogP contribution in [0.3, 0.4) is 0 Å². The first-order chi connectivity index (χ1) is 12.6. The first-order valence-electron chi connectivity index (χ1n) is 8.78. The van der Waals surface area contributed by atoms with Crippen LogP contribution in [0.4, 0.5) is 0 Å². The van der Waals surface area contributed by atoms with Crippen molar-refractivity contribution in [2.75, 3.05) is 13.1 Å². The van der Waals surface area contributed by atoms with Crippen molar-refractivity contribution in [2.24, 2.45) is 0 Å². The van der Waals surface area contributed by atoms with Gasteiger partial charge in [0, 0.05) is 48.9 Å². The Labute approximate surface area is 158 Å². The van der Waals surface area contributed by atoms with Crippen LogP contribution in [-0.4, -0.2) is 40.6 Å². The van der Waals surface area contributed by atoms with Crippen molar-refractivity contribution >= 4 is 17.5 Å². The standard InChI is InChI=1S/C19H23ClN4O2/c1-14(12-16-13-22-10-11-23-16)24-18(25)19(6-8-21-9-7-19)26-17-4-2-15(20)3-5-17/h2-5,10-11,13-14,21H,6-9,12H2,1H3,(H,24,25)/t14-/m0/s1. The van der Waals surface area contributed by atoms with Gasteiger partial charge >= 0.3 is 0 Å². The molecule has 1 aliphatic heterocycles. The third-order valence-corrected chi connectivity index (χ3v) is 4.71. The molecular formula is C19H23ClN4O2. The lowest BCUT2D eigenvalue weighted by Gasteiger charge is -2.37. The van der Waals surface area contributed by atoms with Crippen molar-refractivity contribution in [1.82, 2.24) is 20.6 Å². The van der Waals surface area contributed by atoms with Crippen molar-refractivity contribution in [3.05, 3.63) is 53.6 Å². The number of carbonyl (C=O) groups excluding carboxylic acids is 1. The zero-order valence-electron chi connectivity index (χ0n) is 14.7. The lowest BCUT2D eigenvalue weighted by Crippen LogP contribution is -2.58. The minimum atomic E-state index is -0.879. The lowest BCUT2D eigenvalue weighted by molar-refractivity contribution is -0.139. The van der Waals surface area contributed by atoms with E-state index in [0.29, 0.717) is 30.0 Å². The maximum absolute atomic E-state index is 13.1. The van der Waals surface area contributed by atoms with Gasteiger partial charge in [0.25, 0.3) is 5.91 Å². The number of nitrogens with zero attached hydrogens (tertiary/aromatic N) is 2. The Morgan fingerprint density at radius 3 is 2.69 bits per heavy atom. The molecule has 2 N–H and O–H groups in total. The normalized spacial score (nSPS) is 17.3. The summed E-state index contributed by atoms with van der Waals surface area (Å²) < 4.78 is 6.17. The summed E-state index contributed by atoms with van der Waals surface area (Å²) >= 11 is 5.94. The highest BCUT2D eigenvalue weighted by Crippen LogP contribution is 2.28. The molecule has 1 aromatic carbocycles. The minimum absolute atomic E-state index is 0.0696. The number of hydrogen-bond acceptors (Lipinski definition) is 5. The minimum Gasteiger partial charge on any atom is -0.477 e. The zero-order chi connectivity index (χ0) is 18.4. The Morgan fingerprint density at radius 2 is 2.04 bits per heavy atom. The van der Waals surface area contributed by atoms with E-state index in [2.05, 4.69) is 20.6 Å². The van der Waals surface area contributed by atoms with E-state index >= 15 is 0 Å². The summed E-state index contributed by atoms with van der Waals surface area (Å²) in [6.07, 6.45) is 6.85. The van der Waals surface area contributed by atoms with Gasteiger partial charge in [-0.3, -0.25) is 14.8 Å². The Morgan fingerprint density at radius 1 is 1.31 bits per heavy atom. The van der Waals surface area contributed by atoms with E-state index in [4.69, 9.17) is 16.3 Å². The van der Waals surface area contributed by atoms with Gasteiger partial charge in [-0.25, -0.2) is 0 Å². The highest BCUT2D eigenvalue weighted by Gasteiger charge is 2.42. The summed E-state index contributed by atoms with van der Waals surface area (Å²) in [5.41, 5.74) is -0.0336. The monoisotopic (exact) mass is 374 g/mol. The van der Waals surface area contributed by atoms with Gasteiger partial charge in [0.15, 0.2) is 5.60 Å². The van der Waals surface area contributed by atoms with Crippen LogP contribution in [0, 0.1) is 0 Å². The first-order valence-corrected chi connectivity index (χ1v) is 9.16. The highest BCUT2D eigenvalue weighted by molar-refractivity contribution is 6.30. The molecule has 0 aliphatic carbocycles. The Hall–Kier alpha value is -2.18. The molecule has 0 saturated carbocycles. The van der Waals surface area contributed by atoms with Gasteiger partial charge in [-0.15, -0.1) is 0 Å². The lowest BCUT2D eigenvalue weighted by atomic mass is 9.90. The molecular weight excluding hydrogens is 352 g/mol. The summed E-state index contributed by atoms with van der Waals surface area (Å²) in [7, 11) is 0. The number of amides is 1. The number of aromatic nitrogens is 2. The fraction of sp³-hybridized carbons (Fsp3) is 0.421. The predicted molar refractivity (Wildman–Crippen MR) is 100 cm³/mol. The molecule has 1 atom stereocenters. The number of carbonyl (C=O) groups is 1. The van der Waals surface area contributed by atoms with Gasteiger partial charge in [-0.1, -0.05) is 11.6 Å². The molecule has 138 valence electrons. The van der Waals surface area contributed by atoms with Crippen molar-refractivity contribution in [3.8, 4) is 5.75 Å². The molecule has 3 rings (SSSR count). The maximum atomic E-state index is 13.1. The number of halogens is 1. The average Bonchev–Trinajstić information content (AvgIpc) is 2.65. The number of piperidine rings is 1. The predicted octanol–water partition coefficient (Wildman–Crippen LogP) is 2.38. The van der Waals surface area contributed by atoms with Crippen LogP contribution in [0.25, 0.3) is 0 Å².